The van der Waals surface area contributed by atoms with Crippen LogP contribution in [-0.2, 0) is 40.0 Å². The van der Waals surface area contributed by atoms with Gasteiger partial charge in [0.2, 0.25) is 29.5 Å². The summed E-state index contributed by atoms with van der Waals surface area (Å²) in [6, 6.07) is 0.545. The molecule has 13 N–H and O–H groups in total. The molecule has 0 unspecified atom stereocenters. The molecule has 22 heteroatoms. The number of nitrogens with one attached hydrogen (secondary N) is 4. The topological polar surface area (TPSA) is 322 Å². The Labute approximate surface area is 352 Å². The molecule has 1 heterocycles. The highest BCUT2D eigenvalue weighted by Crippen LogP contribution is 2.23. The van der Waals surface area contributed by atoms with E-state index in [0.29, 0.717) is 44.2 Å². The summed E-state index contributed by atoms with van der Waals surface area (Å²) in [6.07, 6.45) is -2.18. The van der Waals surface area contributed by atoms with Crippen molar-refractivity contribution in [3.63, 3.8) is 0 Å². The zero-order valence-electron chi connectivity index (χ0n) is 35.2. The molecule has 0 spiro atoms. The number of guanidine groups is 1. The van der Waals surface area contributed by atoms with E-state index in [1.807, 2.05) is 13.8 Å². The summed E-state index contributed by atoms with van der Waals surface area (Å²) in [6.45, 7) is 9.72. The van der Waals surface area contributed by atoms with Gasteiger partial charge in [-0.3, -0.25) is 29.0 Å². The Bertz CT molecular complexity index is 1670. The summed E-state index contributed by atoms with van der Waals surface area (Å²) >= 11 is 0. The molecular weight excluding hydrogens is 811 g/mol. The molecule has 5 amide bonds. The lowest BCUT2D eigenvalue weighted by Crippen LogP contribution is -2.61. The molecule has 5 atom stereocenters. The van der Waals surface area contributed by atoms with Crippen molar-refractivity contribution in [3.8, 4) is 5.75 Å². The first-order chi connectivity index (χ1) is 28.3. The van der Waals surface area contributed by atoms with E-state index in [0.717, 1.165) is 0 Å². The minimum Gasteiger partial charge on any atom is -0.508 e. The third-order valence-electron chi connectivity index (χ3n) is 9.26. The molecule has 0 radical (unpaired) electrons. The number of amides is 5. The Morgan fingerprint density at radius 3 is 1.98 bits per heavy atom. The lowest BCUT2D eigenvalue weighted by molar-refractivity contribution is -0.192. The molecule has 1 aliphatic heterocycles. The number of carbonyl (C=O) groups excluding carboxylic acids is 5. The number of carbonyl (C=O) groups is 7. The molecular formula is C39H62F3N9O10. The van der Waals surface area contributed by atoms with E-state index < -0.39 is 77.4 Å². The van der Waals surface area contributed by atoms with Crippen molar-refractivity contribution in [2.24, 2.45) is 33.5 Å². The lowest BCUT2D eigenvalue weighted by atomic mass is 9.85. The van der Waals surface area contributed by atoms with Gasteiger partial charge in [-0.25, -0.2) is 9.59 Å². The Morgan fingerprint density at radius 2 is 1.48 bits per heavy atom. The third-order valence-corrected chi connectivity index (χ3v) is 9.26. The minimum absolute atomic E-state index is 0.00192. The number of likely N-dealkylation sites (tertiary alicyclic amines) is 1. The number of unbranched alkanes of at least 4 members (excludes halogenated alkanes) is 1. The number of halogens is 3. The van der Waals surface area contributed by atoms with Crippen molar-refractivity contribution in [1.82, 2.24) is 26.2 Å². The molecule has 0 aromatic heterocycles. The number of nitrogens with two attached hydrogens (primary N) is 3. The SMILES string of the molecule is CC(C)C[C@H](NC(=O)[C@@H](NC(=O)[C@H](Cc1ccc(O)cc1)NC(=O)[C@@H]1CCCN1C(=O)[C@H](CCCN=C(N)N)NC(=O)CCCCN)C(C)(C)C)C(=O)O.O=C(O)C(F)(F)F. The second kappa shape index (κ2) is 25.2. The van der Waals surface area contributed by atoms with Crippen LogP contribution in [0.3, 0.4) is 0 Å². The fourth-order valence-corrected chi connectivity index (χ4v) is 6.17. The van der Waals surface area contributed by atoms with E-state index in [4.69, 9.17) is 27.1 Å². The number of hydrogen-bond donors (Lipinski definition) is 10. The molecule has 2 rings (SSSR count). The van der Waals surface area contributed by atoms with Gasteiger partial charge in [0.15, 0.2) is 5.96 Å². The summed E-state index contributed by atoms with van der Waals surface area (Å²) in [4.78, 5) is 94.5. The normalized spacial score (nSPS) is 15.8. The Morgan fingerprint density at radius 1 is 0.869 bits per heavy atom. The molecule has 0 aliphatic carbocycles. The predicted molar refractivity (Wildman–Crippen MR) is 217 cm³/mol. The highest BCUT2D eigenvalue weighted by atomic mass is 19.4. The number of rotatable bonds is 21. The van der Waals surface area contributed by atoms with Crippen LogP contribution in [-0.4, -0.2) is 124 Å². The van der Waals surface area contributed by atoms with Gasteiger partial charge in [0, 0.05) is 25.9 Å². The summed E-state index contributed by atoms with van der Waals surface area (Å²) in [7, 11) is 0. The number of carboxylic acid groups (broad SMARTS) is 2. The van der Waals surface area contributed by atoms with Crippen molar-refractivity contribution in [1.29, 1.82) is 0 Å². The van der Waals surface area contributed by atoms with Gasteiger partial charge < -0.3 is 58.7 Å². The highest BCUT2D eigenvalue weighted by molar-refractivity contribution is 5.96. The van der Waals surface area contributed by atoms with Crippen molar-refractivity contribution < 1.29 is 62.1 Å². The quantitative estimate of drug-likeness (QED) is 0.0466. The van der Waals surface area contributed by atoms with Gasteiger partial charge in [-0.1, -0.05) is 46.8 Å². The van der Waals surface area contributed by atoms with Gasteiger partial charge in [0.05, 0.1) is 0 Å². The number of aromatic hydroxyl groups is 1. The van der Waals surface area contributed by atoms with Crippen LogP contribution in [0.25, 0.3) is 0 Å². The van der Waals surface area contributed by atoms with E-state index in [2.05, 4.69) is 26.3 Å². The molecule has 19 nitrogen and oxygen atoms in total. The Kier molecular flexibility index (Phi) is 22.0. The number of benzene rings is 1. The molecule has 1 aliphatic rings. The zero-order valence-corrected chi connectivity index (χ0v) is 35.2. The average molecular weight is 874 g/mol. The molecule has 0 saturated carbocycles. The summed E-state index contributed by atoms with van der Waals surface area (Å²) < 4.78 is 31.7. The van der Waals surface area contributed by atoms with Crippen LogP contribution in [0.1, 0.15) is 91.5 Å². The van der Waals surface area contributed by atoms with Crippen LogP contribution in [0.15, 0.2) is 29.3 Å². The number of carboxylic acids is 2. The molecule has 1 aromatic rings. The maximum Gasteiger partial charge on any atom is 0.490 e. The van der Waals surface area contributed by atoms with Gasteiger partial charge in [-0.2, -0.15) is 13.2 Å². The summed E-state index contributed by atoms with van der Waals surface area (Å²) in [5, 5.41) is 37.6. The first-order valence-corrected chi connectivity index (χ1v) is 19.9. The van der Waals surface area contributed by atoms with Gasteiger partial charge >= 0.3 is 18.1 Å². The van der Waals surface area contributed by atoms with Crippen molar-refractivity contribution in [3.05, 3.63) is 29.8 Å². The zero-order chi connectivity index (χ0) is 46.7. The van der Waals surface area contributed by atoms with E-state index in [1.54, 1.807) is 32.9 Å². The first kappa shape index (κ1) is 53.3. The van der Waals surface area contributed by atoms with Gasteiger partial charge in [-0.15, -0.1) is 0 Å². The molecule has 0 bridgehead atoms. The summed E-state index contributed by atoms with van der Waals surface area (Å²) in [5.74, 6) is -6.88. The van der Waals surface area contributed by atoms with Crippen molar-refractivity contribution in [2.75, 3.05) is 19.6 Å². The van der Waals surface area contributed by atoms with Crippen LogP contribution in [0.5, 0.6) is 5.75 Å². The molecule has 61 heavy (non-hydrogen) atoms. The van der Waals surface area contributed by atoms with Crippen LogP contribution in [0.2, 0.25) is 0 Å². The number of hydrogen-bond acceptors (Lipinski definition) is 10. The Balaban J connectivity index is 0.00000243. The summed E-state index contributed by atoms with van der Waals surface area (Å²) in [5.41, 5.74) is 16.2. The van der Waals surface area contributed by atoms with Gasteiger partial charge in [0.1, 0.15) is 36.0 Å². The highest BCUT2D eigenvalue weighted by Gasteiger charge is 2.41. The Hall–Kier alpha value is -5.67. The first-order valence-electron chi connectivity index (χ1n) is 19.9. The van der Waals surface area contributed by atoms with E-state index in [1.165, 1.54) is 17.0 Å². The van der Waals surface area contributed by atoms with Crippen LogP contribution >= 0.6 is 0 Å². The molecule has 344 valence electrons. The second-order valence-corrected chi connectivity index (χ2v) is 16.1. The van der Waals surface area contributed by atoms with Gasteiger partial charge in [-0.05, 0) is 80.5 Å². The monoisotopic (exact) mass is 873 g/mol. The molecule has 1 saturated heterocycles. The fraction of sp³-hybridized carbons (Fsp3) is 0.641. The van der Waals surface area contributed by atoms with E-state index in [-0.39, 0.29) is 62.3 Å². The number of aliphatic carboxylic acids is 2. The largest absolute Gasteiger partial charge is 0.508 e. The number of aliphatic imine (C=N–C) groups is 1. The number of nitrogens with zero attached hydrogens (tertiary/aromatic N) is 2. The fourth-order valence-electron chi connectivity index (χ4n) is 6.17. The number of phenols is 1. The average Bonchev–Trinajstić information content (AvgIpc) is 3.64. The maximum absolute atomic E-state index is 14.0. The van der Waals surface area contributed by atoms with Gasteiger partial charge in [0.25, 0.3) is 0 Å². The second-order valence-electron chi connectivity index (χ2n) is 16.1. The molecule has 1 fully saturated rings. The van der Waals surface area contributed by atoms with E-state index in [9.17, 15) is 52.2 Å². The number of phenolic OH excluding ortho intramolecular Hbond substituents is 1. The maximum atomic E-state index is 14.0. The van der Waals surface area contributed by atoms with E-state index >= 15 is 0 Å². The van der Waals surface area contributed by atoms with Crippen LogP contribution < -0.4 is 38.5 Å². The standard InChI is InChI=1S/C37H61N9O8.C2HF3O2/c1-22(2)20-27(35(53)54)44-33(51)30(37(3,4)5)45-31(49)26(21-23-13-15-24(47)16-14-23)43-32(50)28-11-9-19-46(28)34(52)25(10-8-18-41-36(39)40)42-29(48)12-6-7-17-38;3-2(4,5)1(6)7/h13-16,22,25-28,30,47H,6-12,17-21,38H2,1-5H3,(H,42,48)(H,43,50)(H,44,51)(H,45,49)(H,53,54)(H4,39,40,41);(H,6,7)/t25-,26-,27-,28-,30+;/m0./s1. The smallest absolute Gasteiger partial charge is 0.490 e. The third kappa shape index (κ3) is 20.0. The predicted octanol–water partition coefficient (Wildman–Crippen LogP) is 0.858. The lowest BCUT2D eigenvalue weighted by Gasteiger charge is -2.33. The molecule has 1 aromatic carbocycles. The number of alkyl halides is 3. The van der Waals surface area contributed by atoms with Crippen molar-refractivity contribution in [2.45, 2.75) is 129 Å². The minimum atomic E-state index is -5.08. The van der Waals surface area contributed by atoms with Crippen LogP contribution in [0, 0.1) is 11.3 Å². The van der Waals surface area contributed by atoms with Crippen molar-refractivity contribution >= 4 is 47.4 Å². The van der Waals surface area contributed by atoms with Crippen LogP contribution in [0.4, 0.5) is 13.2 Å².